The molecule has 0 aliphatic heterocycles. The highest BCUT2D eigenvalue weighted by Crippen LogP contribution is 2.19. The van der Waals surface area contributed by atoms with Gasteiger partial charge in [0.25, 0.3) is 0 Å². The SMILES string of the molecule is C/C(N)=C/C(C)=C1/C=CC(C(N)=O)=CC1. The van der Waals surface area contributed by atoms with Crippen LogP contribution in [0.2, 0.25) is 0 Å². The lowest BCUT2D eigenvalue weighted by atomic mass is 9.97. The average molecular weight is 204 g/mol. The van der Waals surface area contributed by atoms with Crippen LogP contribution in [0.4, 0.5) is 0 Å². The molecule has 0 unspecified atom stereocenters. The molecule has 0 saturated heterocycles. The molecule has 0 saturated carbocycles. The molecule has 1 aliphatic carbocycles. The number of hydrogen-bond acceptors (Lipinski definition) is 2. The Morgan fingerprint density at radius 3 is 2.40 bits per heavy atom. The minimum atomic E-state index is -0.381. The van der Waals surface area contributed by atoms with Gasteiger partial charge in [0.05, 0.1) is 0 Å². The first-order valence-electron chi connectivity index (χ1n) is 4.82. The number of carbonyl (C=O) groups is 1. The largest absolute Gasteiger partial charge is 0.402 e. The maximum atomic E-state index is 10.9. The molecule has 0 spiro atoms. The third kappa shape index (κ3) is 3.13. The van der Waals surface area contributed by atoms with Gasteiger partial charge in [0.2, 0.25) is 5.91 Å². The zero-order chi connectivity index (χ0) is 11.4. The zero-order valence-corrected chi connectivity index (χ0v) is 9.08. The standard InChI is InChI=1S/C12H16N2O/c1-8(7-9(2)13)10-3-5-11(6-4-10)12(14)15/h3,5-7H,4,13H2,1-2H3,(H2,14,15)/b9-7-,10-8-. The molecule has 0 radical (unpaired) electrons. The van der Waals surface area contributed by atoms with Crippen LogP contribution < -0.4 is 11.5 Å². The number of primary amides is 1. The summed E-state index contributed by atoms with van der Waals surface area (Å²) < 4.78 is 0. The number of hydrogen-bond donors (Lipinski definition) is 2. The van der Waals surface area contributed by atoms with E-state index in [0.717, 1.165) is 23.3 Å². The van der Waals surface area contributed by atoms with E-state index in [2.05, 4.69) is 0 Å². The molecular weight excluding hydrogens is 188 g/mol. The van der Waals surface area contributed by atoms with Gasteiger partial charge in [0, 0.05) is 11.3 Å². The summed E-state index contributed by atoms with van der Waals surface area (Å²) >= 11 is 0. The topological polar surface area (TPSA) is 69.1 Å². The molecule has 80 valence electrons. The van der Waals surface area contributed by atoms with Gasteiger partial charge in [-0.05, 0) is 43.6 Å². The van der Waals surface area contributed by atoms with Crippen molar-refractivity contribution in [1.82, 2.24) is 0 Å². The third-order valence-electron chi connectivity index (χ3n) is 2.24. The van der Waals surface area contributed by atoms with Crippen molar-refractivity contribution in [3.05, 3.63) is 46.7 Å². The summed E-state index contributed by atoms with van der Waals surface area (Å²) in [6, 6.07) is 0. The van der Waals surface area contributed by atoms with E-state index in [-0.39, 0.29) is 5.91 Å². The van der Waals surface area contributed by atoms with Crippen LogP contribution in [0.15, 0.2) is 46.7 Å². The molecule has 0 fully saturated rings. The third-order valence-corrected chi connectivity index (χ3v) is 2.24. The molecule has 3 heteroatoms. The fraction of sp³-hybridized carbons (Fsp3) is 0.250. The van der Waals surface area contributed by atoms with Crippen LogP contribution in [-0.4, -0.2) is 5.91 Å². The van der Waals surface area contributed by atoms with E-state index in [1.807, 2.05) is 32.1 Å². The van der Waals surface area contributed by atoms with Gasteiger partial charge in [-0.1, -0.05) is 12.2 Å². The van der Waals surface area contributed by atoms with Crippen LogP contribution in [0.25, 0.3) is 0 Å². The van der Waals surface area contributed by atoms with E-state index in [9.17, 15) is 4.79 Å². The molecule has 0 bridgehead atoms. The maximum Gasteiger partial charge on any atom is 0.248 e. The van der Waals surface area contributed by atoms with Crippen molar-refractivity contribution in [3.8, 4) is 0 Å². The van der Waals surface area contributed by atoms with Crippen LogP contribution in [0, 0.1) is 0 Å². The summed E-state index contributed by atoms with van der Waals surface area (Å²) in [5.74, 6) is -0.381. The molecule has 1 rings (SSSR count). The number of carbonyl (C=O) groups excluding carboxylic acids is 1. The lowest BCUT2D eigenvalue weighted by molar-refractivity contribution is -0.114. The fourth-order valence-electron chi connectivity index (χ4n) is 1.46. The van der Waals surface area contributed by atoms with E-state index < -0.39 is 0 Å². The summed E-state index contributed by atoms with van der Waals surface area (Å²) in [6.07, 6.45) is 8.13. The molecular formula is C12H16N2O. The van der Waals surface area contributed by atoms with Gasteiger partial charge >= 0.3 is 0 Å². The van der Waals surface area contributed by atoms with E-state index in [1.54, 1.807) is 6.08 Å². The van der Waals surface area contributed by atoms with Gasteiger partial charge in [-0.15, -0.1) is 0 Å². The smallest absolute Gasteiger partial charge is 0.248 e. The first-order chi connectivity index (χ1) is 7.00. The van der Waals surface area contributed by atoms with Crippen LogP contribution in [0.1, 0.15) is 20.3 Å². The predicted molar refractivity (Wildman–Crippen MR) is 61.7 cm³/mol. The van der Waals surface area contributed by atoms with Gasteiger partial charge in [0.15, 0.2) is 0 Å². The minimum absolute atomic E-state index is 0.381. The normalized spacial score (nSPS) is 19.9. The Hall–Kier alpha value is -1.77. The summed E-state index contributed by atoms with van der Waals surface area (Å²) in [7, 11) is 0. The monoisotopic (exact) mass is 204 g/mol. The molecule has 4 N–H and O–H groups in total. The van der Waals surface area contributed by atoms with Crippen LogP contribution in [0.3, 0.4) is 0 Å². The molecule has 15 heavy (non-hydrogen) atoms. The number of rotatable bonds is 2. The molecule has 3 nitrogen and oxygen atoms in total. The molecule has 0 aromatic carbocycles. The van der Waals surface area contributed by atoms with Gasteiger partial charge in [-0.2, -0.15) is 0 Å². The first-order valence-corrected chi connectivity index (χ1v) is 4.82. The van der Waals surface area contributed by atoms with Crippen LogP contribution >= 0.6 is 0 Å². The van der Waals surface area contributed by atoms with Gasteiger partial charge in [-0.25, -0.2) is 0 Å². The highest BCUT2D eigenvalue weighted by molar-refractivity contribution is 5.95. The van der Waals surface area contributed by atoms with E-state index in [4.69, 9.17) is 11.5 Å². The van der Waals surface area contributed by atoms with E-state index in [1.165, 1.54) is 0 Å². The molecule has 0 aromatic rings. The van der Waals surface area contributed by atoms with E-state index >= 15 is 0 Å². The maximum absolute atomic E-state index is 10.9. The number of allylic oxidation sites excluding steroid dienone is 6. The molecule has 0 atom stereocenters. The Morgan fingerprint density at radius 2 is 2.00 bits per heavy atom. The van der Waals surface area contributed by atoms with Crippen LogP contribution in [-0.2, 0) is 4.79 Å². The fourth-order valence-corrected chi connectivity index (χ4v) is 1.46. The summed E-state index contributed by atoms with van der Waals surface area (Å²) in [5, 5.41) is 0. The van der Waals surface area contributed by atoms with Gasteiger partial charge in [-0.3, -0.25) is 4.79 Å². The Morgan fingerprint density at radius 1 is 1.33 bits per heavy atom. The first kappa shape index (κ1) is 11.3. The quantitative estimate of drug-likeness (QED) is 0.716. The lowest BCUT2D eigenvalue weighted by Gasteiger charge is -2.09. The Kier molecular flexibility index (Phi) is 3.50. The lowest BCUT2D eigenvalue weighted by Crippen LogP contribution is -2.13. The second-order valence-corrected chi connectivity index (χ2v) is 3.66. The Balaban J connectivity index is 2.87. The predicted octanol–water partition coefficient (Wildman–Crippen LogP) is 1.54. The van der Waals surface area contributed by atoms with Gasteiger partial charge < -0.3 is 11.5 Å². The second kappa shape index (κ2) is 4.64. The van der Waals surface area contributed by atoms with Crippen molar-refractivity contribution >= 4 is 5.91 Å². The second-order valence-electron chi connectivity index (χ2n) is 3.66. The zero-order valence-electron chi connectivity index (χ0n) is 9.08. The van der Waals surface area contributed by atoms with Crippen molar-refractivity contribution in [2.75, 3.05) is 0 Å². The highest BCUT2D eigenvalue weighted by Gasteiger charge is 2.06. The average Bonchev–Trinajstić information content (AvgIpc) is 2.17. The van der Waals surface area contributed by atoms with E-state index in [0.29, 0.717) is 5.57 Å². The summed E-state index contributed by atoms with van der Waals surface area (Å²) in [4.78, 5) is 10.9. The Labute approximate surface area is 89.8 Å². The highest BCUT2D eigenvalue weighted by atomic mass is 16.1. The van der Waals surface area contributed by atoms with Crippen molar-refractivity contribution in [1.29, 1.82) is 0 Å². The summed E-state index contributed by atoms with van der Waals surface area (Å²) in [6.45, 7) is 3.85. The Bertz CT molecular complexity index is 394. The minimum Gasteiger partial charge on any atom is -0.402 e. The molecule has 0 aromatic heterocycles. The molecule has 1 aliphatic rings. The van der Waals surface area contributed by atoms with Crippen molar-refractivity contribution in [2.45, 2.75) is 20.3 Å². The summed E-state index contributed by atoms with van der Waals surface area (Å²) in [5.41, 5.74) is 14.4. The molecule has 0 heterocycles. The number of amides is 1. The van der Waals surface area contributed by atoms with Crippen molar-refractivity contribution < 1.29 is 4.79 Å². The van der Waals surface area contributed by atoms with Crippen molar-refractivity contribution in [2.24, 2.45) is 11.5 Å². The van der Waals surface area contributed by atoms with Crippen molar-refractivity contribution in [3.63, 3.8) is 0 Å². The number of nitrogens with two attached hydrogens (primary N) is 2. The van der Waals surface area contributed by atoms with Gasteiger partial charge in [0.1, 0.15) is 0 Å². The molecule has 1 amide bonds. The van der Waals surface area contributed by atoms with Crippen LogP contribution in [0.5, 0.6) is 0 Å².